The summed E-state index contributed by atoms with van der Waals surface area (Å²) < 4.78 is 6.31. The maximum atomic E-state index is 6.04. The molecule has 4 heteroatoms. The zero-order valence-corrected chi connectivity index (χ0v) is 8.77. The molecular formula is C9H12ClNOS. The molecule has 2 heterocycles. The second-order valence-electron chi connectivity index (χ2n) is 3.23. The average molecular weight is 218 g/mol. The van der Waals surface area contributed by atoms with Crippen molar-refractivity contribution in [3.8, 4) is 0 Å². The van der Waals surface area contributed by atoms with Crippen LogP contribution in [0, 0.1) is 0 Å². The molecular weight excluding hydrogens is 206 g/mol. The number of hydrogen-bond acceptors (Lipinski definition) is 3. The fourth-order valence-electron chi connectivity index (χ4n) is 1.63. The Hall–Kier alpha value is -0.0900. The Morgan fingerprint density at radius 1 is 1.69 bits per heavy atom. The van der Waals surface area contributed by atoms with Gasteiger partial charge in [-0.25, -0.2) is 0 Å². The largest absolute Gasteiger partial charge is 0.376 e. The highest BCUT2D eigenvalue weighted by Gasteiger charge is 2.25. The van der Waals surface area contributed by atoms with E-state index in [1.807, 2.05) is 11.4 Å². The van der Waals surface area contributed by atoms with Gasteiger partial charge >= 0.3 is 0 Å². The summed E-state index contributed by atoms with van der Waals surface area (Å²) in [5, 5.41) is 1.96. The molecule has 1 aromatic rings. The number of ether oxygens (including phenoxy) is 1. The molecule has 0 spiro atoms. The van der Waals surface area contributed by atoms with Crippen LogP contribution in [0.25, 0.3) is 0 Å². The third kappa shape index (κ3) is 1.89. The van der Waals surface area contributed by atoms with Gasteiger partial charge in [0.05, 0.1) is 16.5 Å². The number of halogens is 1. The summed E-state index contributed by atoms with van der Waals surface area (Å²) in [7, 11) is 0. The van der Waals surface area contributed by atoms with E-state index in [-0.39, 0.29) is 12.1 Å². The standard InChI is InChI=1S/C9H12ClNOS/c10-9-6(3-5-13-9)8(11)7-2-1-4-12-7/h3,5,7-8H,1-2,4,11H2. The molecule has 1 aromatic heterocycles. The van der Waals surface area contributed by atoms with Crippen LogP contribution < -0.4 is 5.73 Å². The lowest BCUT2D eigenvalue weighted by Gasteiger charge is -2.17. The summed E-state index contributed by atoms with van der Waals surface area (Å²) in [6, 6.07) is 1.93. The molecule has 2 rings (SSSR count). The van der Waals surface area contributed by atoms with Gasteiger partial charge in [-0.15, -0.1) is 11.3 Å². The smallest absolute Gasteiger partial charge is 0.0977 e. The van der Waals surface area contributed by atoms with Gasteiger partial charge in [0.1, 0.15) is 0 Å². The molecule has 1 aliphatic heterocycles. The minimum Gasteiger partial charge on any atom is -0.376 e. The van der Waals surface area contributed by atoms with Crippen molar-refractivity contribution in [3.05, 3.63) is 21.3 Å². The fourth-order valence-corrected chi connectivity index (χ4v) is 2.65. The third-order valence-electron chi connectivity index (χ3n) is 2.37. The summed E-state index contributed by atoms with van der Waals surface area (Å²) in [5.74, 6) is 0. The van der Waals surface area contributed by atoms with Crippen molar-refractivity contribution >= 4 is 22.9 Å². The minimum absolute atomic E-state index is 0.0544. The number of nitrogens with two attached hydrogens (primary N) is 1. The average Bonchev–Trinajstić information content (AvgIpc) is 2.72. The highest BCUT2D eigenvalue weighted by molar-refractivity contribution is 7.14. The van der Waals surface area contributed by atoms with Crippen molar-refractivity contribution < 1.29 is 4.74 Å². The lowest BCUT2D eigenvalue weighted by molar-refractivity contribution is 0.0902. The first-order valence-corrected chi connectivity index (χ1v) is 5.65. The van der Waals surface area contributed by atoms with Gasteiger partial charge in [-0.1, -0.05) is 11.6 Å². The van der Waals surface area contributed by atoms with Crippen LogP contribution in [0.3, 0.4) is 0 Å². The van der Waals surface area contributed by atoms with Gasteiger partial charge < -0.3 is 10.5 Å². The van der Waals surface area contributed by atoms with Crippen LogP contribution in [0.4, 0.5) is 0 Å². The van der Waals surface area contributed by atoms with Crippen LogP contribution in [-0.2, 0) is 4.74 Å². The summed E-state index contributed by atoms with van der Waals surface area (Å²) in [6.45, 7) is 0.833. The van der Waals surface area contributed by atoms with Gasteiger partial charge in [0, 0.05) is 12.2 Å². The molecule has 2 unspecified atom stereocenters. The van der Waals surface area contributed by atoms with E-state index in [0.717, 1.165) is 29.3 Å². The molecule has 1 fully saturated rings. The van der Waals surface area contributed by atoms with Crippen LogP contribution in [0.2, 0.25) is 4.34 Å². The monoisotopic (exact) mass is 217 g/mol. The zero-order chi connectivity index (χ0) is 9.26. The molecule has 1 aliphatic rings. The zero-order valence-electron chi connectivity index (χ0n) is 7.20. The van der Waals surface area contributed by atoms with E-state index in [9.17, 15) is 0 Å². The summed E-state index contributed by atoms with van der Waals surface area (Å²) in [4.78, 5) is 0. The van der Waals surface area contributed by atoms with Crippen molar-refractivity contribution in [3.63, 3.8) is 0 Å². The first-order valence-electron chi connectivity index (χ1n) is 4.39. The predicted octanol–water partition coefficient (Wildman–Crippen LogP) is 2.58. The van der Waals surface area contributed by atoms with Crippen molar-refractivity contribution in [1.82, 2.24) is 0 Å². The number of thiophene rings is 1. The maximum Gasteiger partial charge on any atom is 0.0977 e. The van der Waals surface area contributed by atoms with Crippen LogP contribution >= 0.6 is 22.9 Å². The summed E-state index contributed by atoms with van der Waals surface area (Å²) >= 11 is 7.52. The van der Waals surface area contributed by atoms with Gasteiger partial charge in [-0.3, -0.25) is 0 Å². The normalized spacial score (nSPS) is 24.9. The molecule has 2 nitrogen and oxygen atoms in total. The number of rotatable bonds is 2. The van der Waals surface area contributed by atoms with E-state index in [2.05, 4.69) is 0 Å². The minimum atomic E-state index is -0.0544. The Kier molecular flexibility index (Phi) is 2.89. The first kappa shape index (κ1) is 9.46. The van der Waals surface area contributed by atoms with E-state index in [4.69, 9.17) is 22.1 Å². The van der Waals surface area contributed by atoms with Crippen LogP contribution in [-0.4, -0.2) is 12.7 Å². The summed E-state index contributed by atoms with van der Waals surface area (Å²) in [5.41, 5.74) is 7.07. The Morgan fingerprint density at radius 3 is 3.08 bits per heavy atom. The Bertz CT molecular complexity index is 283. The van der Waals surface area contributed by atoms with Crippen LogP contribution in [0.1, 0.15) is 24.4 Å². The van der Waals surface area contributed by atoms with Crippen molar-refractivity contribution in [1.29, 1.82) is 0 Å². The molecule has 13 heavy (non-hydrogen) atoms. The number of hydrogen-bond donors (Lipinski definition) is 1. The van der Waals surface area contributed by atoms with Gasteiger partial charge in [0.15, 0.2) is 0 Å². The highest BCUT2D eigenvalue weighted by atomic mass is 35.5. The quantitative estimate of drug-likeness (QED) is 0.827. The second-order valence-corrected chi connectivity index (χ2v) is 4.75. The molecule has 0 radical (unpaired) electrons. The van der Waals surface area contributed by atoms with Crippen molar-refractivity contribution in [2.45, 2.75) is 25.0 Å². The SMILES string of the molecule is NC(c1ccsc1Cl)C1CCCO1. The van der Waals surface area contributed by atoms with E-state index >= 15 is 0 Å². The molecule has 2 N–H and O–H groups in total. The van der Waals surface area contributed by atoms with E-state index in [1.165, 1.54) is 11.3 Å². The van der Waals surface area contributed by atoms with E-state index in [0.29, 0.717) is 0 Å². The molecule has 0 amide bonds. The molecule has 2 atom stereocenters. The van der Waals surface area contributed by atoms with Crippen LogP contribution in [0.5, 0.6) is 0 Å². The van der Waals surface area contributed by atoms with Gasteiger partial charge in [-0.2, -0.15) is 0 Å². The van der Waals surface area contributed by atoms with E-state index < -0.39 is 0 Å². The van der Waals surface area contributed by atoms with Gasteiger partial charge in [0.2, 0.25) is 0 Å². The van der Waals surface area contributed by atoms with Gasteiger partial charge in [-0.05, 0) is 24.3 Å². The van der Waals surface area contributed by atoms with Gasteiger partial charge in [0.25, 0.3) is 0 Å². The highest BCUT2D eigenvalue weighted by Crippen LogP contribution is 2.32. The molecule has 0 aromatic carbocycles. The maximum absolute atomic E-state index is 6.04. The summed E-state index contributed by atoms with van der Waals surface area (Å²) in [6.07, 6.45) is 2.32. The molecule has 72 valence electrons. The Labute approximate surface area is 86.6 Å². The lowest BCUT2D eigenvalue weighted by Crippen LogP contribution is -2.25. The molecule has 1 saturated heterocycles. The first-order chi connectivity index (χ1) is 6.29. The van der Waals surface area contributed by atoms with Crippen LogP contribution in [0.15, 0.2) is 11.4 Å². The molecule has 0 saturated carbocycles. The molecule has 0 aliphatic carbocycles. The van der Waals surface area contributed by atoms with Crippen molar-refractivity contribution in [2.75, 3.05) is 6.61 Å². The molecule has 0 bridgehead atoms. The Morgan fingerprint density at radius 2 is 2.54 bits per heavy atom. The Balaban J connectivity index is 2.12. The predicted molar refractivity (Wildman–Crippen MR) is 55.2 cm³/mol. The second kappa shape index (κ2) is 3.96. The van der Waals surface area contributed by atoms with Crippen molar-refractivity contribution in [2.24, 2.45) is 5.73 Å². The lowest BCUT2D eigenvalue weighted by atomic mass is 10.0. The fraction of sp³-hybridized carbons (Fsp3) is 0.556. The third-order valence-corrected chi connectivity index (χ3v) is 3.57. The van der Waals surface area contributed by atoms with E-state index in [1.54, 1.807) is 0 Å². The topological polar surface area (TPSA) is 35.2 Å².